The second-order valence-corrected chi connectivity index (χ2v) is 6.75. The van der Waals surface area contributed by atoms with Gasteiger partial charge in [0.05, 0.1) is 30.5 Å². The monoisotopic (exact) mass is 379 g/mol. The fraction of sp³-hybridized carbons (Fsp3) is 0.273. The Kier molecular flexibility index (Phi) is 5.99. The molecule has 3 rings (SSSR count). The van der Waals surface area contributed by atoms with Crippen LogP contribution < -0.4 is 15.5 Å². The molecule has 6 heteroatoms. The highest BCUT2D eigenvalue weighted by Gasteiger charge is 2.34. The van der Waals surface area contributed by atoms with Crippen molar-refractivity contribution in [1.82, 2.24) is 10.6 Å². The topological polar surface area (TPSA) is 70.7 Å². The van der Waals surface area contributed by atoms with Gasteiger partial charge in [-0.1, -0.05) is 48.0 Å². The fourth-order valence-electron chi connectivity index (χ4n) is 3.21. The number of esters is 1. The smallest absolute Gasteiger partial charge is 0.338 e. The number of likely N-dealkylation sites (N-methyl/N-ethyl adjacent to an activating group) is 1. The quantitative estimate of drug-likeness (QED) is 0.756. The summed E-state index contributed by atoms with van der Waals surface area (Å²) in [5, 5.41) is 5.66. The van der Waals surface area contributed by atoms with Crippen molar-refractivity contribution >= 4 is 17.7 Å². The highest BCUT2D eigenvalue weighted by molar-refractivity contribution is 5.95. The highest BCUT2D eigenvalue weighted by atomic mass is 16.5. The average Bonchev–Trinajstić information content (AvgIpc) is 2.69. The van der Waals surface area contributed by atoms with Gasteiger partial charge in [0.25, 0.3) is 0 Å². The Hall–Kier alpha value is -3.28. The van der Waals surface area contributed by atoms with Crippen LogP contribution in [0.4, 0.5) is 10.5 Å². The number of amides is 2. The van der Waals surface area contributed by atoms with E-state index in [1.54, 1.807) is 6.92 Å². The Labute approximate surface area is 165 Å². The average molecular weight is 379 g/mol. The molecular formula is C22H25N3O3. The molecule has 2 N–H and O–H groups in total. The number of carbonyl (C=O) groups is 2. The molecule has 2 aromatic carbocycles. The molecule has 2 amide bonds. The number of para-hydroxylation sites is 1. The number of benzene rings is 2. The number of anilines is 1. The molecule has 0 aliphatic carbocycles. The minimum absolute atomic E-state index is 0.263. The molecule has 1 heterocycles. The van der Waals surface area contributed by atoms with Crippen LogP contribution in [0.2, 0.25) is 0 Å². The van der Waals surface area contributed by atoms with Crippen LogP contribution in [0.5, 0.6) is 0 Å². The number of hydrogen-bond donors (Lipinski definition) is 2. The molecule has 0 bridgehead atoms. The zero-order valence-corrected chi connectivity index (χ0v) is 16.4. The van der Waals surface area contributed by atoms with Gasteiger partial charge in [0, 0.05) is 12.7 Å². The SMILES string of the molecule is CCOC(=O)C1=C(CN(C)c2ccccc2)NC(=O)NC1c1ccc(C)cc1. The first kappa shape index (κ1) is 19.5. The third-order valence-corrected chi connectivity index (χ3v) is 4.65. The van der Waals surface area contributed by atoms with Crippen LogP contribution in [0, 0.1) is 6.92 Å². The third-order valence-electron chi connectivity index (χ3n) is 4.65. The lowest BCUT2D eigenvalue weighted by Gasteiger charge is -2.31. The van der Waals surface area contributed by atoms with Gasteiger partial charge < -0.3 is 20.3 Å². The number of nitrogens with zero attached hydrogens (tertiary/aromatic N) is 1. The lowest BCUT2D eigenvalue weighted by atomic mass is 9.94. The molecule has 146 valence electrons. The molecule has 28 heavy (non-hydrogen) atoms. The molecule has 0 radical (unpaired) electrons. The predicted octanol–water partition coefficient (Wildman–Crippen LogP) is 3.30. The Morgan fingerprint density at radius 3 is 2.43 bits per heavy atom. The van der Waals surface area contributed by atoms with Crippen molar-refractivity contribution in [1.29, 1.82) is 0 Å². The first-order chi connectivity index (χ1) is 13.5. The third kappa shape index (κ3) is 4.34. The van der Waals surface area contributed by atoms with Crippen molar-refractivity contribution in [2.45, 2.75) is 19.9 Å². The van der Waals surface area contributed by atoms with Gasteiger partial charge in [-0.05, 0) is 31.5 Å². The maximum absolute atomic E-state index is 12.8. The minimum atomic E-state index is -0.562. The van der Waals surface area contributed by atoms with Crippen molar-refractivity contribution in [3.8, 4) is 0 Å². The van der Waals surface area contributed by atoms with E-state index in [1.807, 2.05) is 73.5 Å². The molecule has 1 aliphatic heterocycles. The van der Waals surface area contributed by atoms with Crippen LogP contribution in [0.15, 0.2) is 65.9 Å². The molecule has 0 saturated heterocycles. The van der Waals surface area contributed by atoms with Gasteiger partial charge in [-0.25, -0.2) is 9.59 Å². The molecule has 1 aliphatic rings. The molecule has 0 fully saturated rings. The van der Waals surface area contributed by atoms with Gasteiger partial charge in [0.2, 0.25) is 0 Å². The zero-order chi connectivity index (χ0) is 20.1. The maximum Gasteiger partial charge on any atom is 0.338 e. The van der Waals surface area contributed by atoms with E-state index < -0.39 is 12.0 Å². The maximum atomic E-state index is 12.8. The van der Waals surface area contributed by atoms with Crippen LogP contribution in [0.1, 0.15) is 24.1 Å². The standard InChI is InChI=1S/C22H25N3O3/c1-4-28-21(26)19-18(14-25(3)17-8-6-5-7-9-17)23-22(27)24-20(19)16-12-10-15(2)11-13-16/h5-13,20H,4,14H2,1-3H3,(H2,23,24,27). The molecular weight excluding hydrogens is 354 g/mol. The van der Waals surface area contributed by atoms with Crippen molar-refractivity contribution in [3.63, 3.8) is 0 Å². The normalized spacial score (nSPS) is 16.2. The number of hydrogen-bond acceptors (Lipinski definition) is 4. The summed E-state index contributed by atoms with van der Waals surface area (Å²) >= 11 is 0. The number of rotatable bonds is 6. The summed E-state index contributed by atoms with van der Waals surface area (Å²) in [6.45, 7) is 4.39. The summed E-state index contributed by atoms with van der Waals surface area (Å²) in [4.78, 5) is 27.1. The number of nitrogens with one attached hydrogen (secondary N) is 2. The van der Waals surface area contributed by atoms with Crippen LogP contribution in [0.25, 0.3) is 0 Å². The van der Waals surface area contributed by atoms with Crippen LogP contribution >= 0.6 is 0 Å². The van der Waals surface area contributed by atoms with E-state index in [0.717, 1.165) is 16.8 Å². The van der Waals surface area contributed by atoms with Gasteiger partial charge in [-0.15, -0.1) is 0 Å². The van der Waals surface area contributed by atoms with Crippen molar-refractivity contribution < 1.29 is 14.3 Å². The van der Waals surface area contributed by atoms with E-state index in [1.165, 1.54) is 0 Å². The summed E-state index contributed by atoms with van der Waals surface area (Å²) < 4.78 is 5.30. The lowest BCUT2D eigenvalue weighted by molar-refractivity contribution is -0.139. The van der Waals surface area contributed by atoms with Gasteiger partial charge in [-0.3, -0.25) is 0 Å². The molecule has 0 saturated carbocycles. The summed E-state index contributed by atoms with van der Waals surface area (Å²) in [6.07, 6.45) is 0. The lowest BCUT2D eigenvalue weighted by Crippen LogP contribution is -2.48. The largest absolute Gasteiger partial charge is 0.463 e. The Morgan fingerprint density at radius 1 is 1.11 bits per heavy atom. The summed E-state index contributed by atoms with van der Waals surface area (Å²) in [6, 6.07) is 16.7. The van der Waals surface area contributed by atoms with Crippen molar-refractivity contribution in [2.24, 2.45) is 0 Å². The molecule has 0 spiro atoms. The summed E-state index contributed by atoms with van der Waals surface area (Å²) in [5.74, 6) is -0.433. The summed E-state index contributed by atoms with van der Waals surface area (Å²) in [7, 11) is 1.92. The Balaban J connectivity index is 2.01. The van der Waals surface area contributed by atoms with Gasteiger partial charge in [0.1, 0.15) is 0 Å². The Morgan fingerprint density at radius 2 is 1.79 bits per heavy atom. The van der Waals surface area contributed by atoms with E-state index >= 15 is 0 Å². The molecule has 0 aromatic heterocycles. The predicted molar refractivity (Wildman–Crippen MR) is 109 cm³/mol. The Bertz CT molecular complexity index is 876. The van der Waals surface area contributed by atoms with E-state index in [9.17, 15) is 9.59 Å². The second kappa shape index (κ2) is 8.61. The fourth-order valence-corrected chi connectivity index (χ4v) is 3.21. The number of aryl methyl sites for hydroxylation is 1. The van der Waals surface area contributed by atoms with Crippen LogP contribution in [-0.4, -0.2) is 32.2 Å². The first-order valence-corrected chi connectivity index (χ1v) is 9.30. The highest BCUT2D eigenvalue weighted by Crippen LogP contribution is 2.29. The molecule has 1 unspecified atom stereocenters. The van der Waals surface area contributed by atoms with E-state index in [0.29, 0.717) is 17.8 Å². The number of ether oxygens (including phenoxy) is 1. The van der Waals surface area contributed by atoms with E-state index in [-0.39, 0.29) is 12.6 Å². The summed E-state index contributed by atoms with van der Waals surface area (Å²) in [5.41, 5.74) is 3.89. The van der Waals surface area contributed by atoms with Crippen LogP contribution in [-0.2, 0) is 9.53 Å². The molecule has 2 aromatic rings. The van der Waals surface area contributed by atoms with Gasteiger partial charge in [0.15, 0.2) is 0 Å². The zero-order valence-electron chi connectivity index (χ0n) is 16.4. The van der Waals surface area contributed by atoms with Gasteiger partial charge >= 0.3 is 12.0 Å². The minimum Gasteiger partial charge on any atom is -0.463 e. The van der Waals surface area contributed by atoms with Gasteiger partial charge in [-0.2, -0.15) is 0 Å². The number of urea groups is 1. The van der Waals surface area contributed by atoms with Crippen molar-refractivity contribution in [3.05, 3.63) is 77.0 Å². The first-order valence-electron chi connectivity index (χ1n) is 9.30. The molecule has 6 nitrogen and oxygen atoms in total. The number of carbonyl (C=O) groups excluding carboxylic acids is 2. The second-order valence-electron chi connectivity index (χ2n) is 6.75. The van der Waals surface area contributed by atoms with E-state index in [2.05, 4.69) is 10.6 Å². The van der Waals surface area contributed by atoms with E-state index in [4.69, 9.17) is 4.74 Å². The van der Waals surface area contributed by atoms with Crippen molar-refractivity contribution in [2.75, 3.05) is 25.1 Å². The molecule has 1 atom stereocenters. The van der Waals surface area contributed by atoms with Crippen LogP contribution in [0.3, 0.4) is 0 Å².